The standard InChI is InChI=1S/C19H26N4O2S2/c1-13(20)18(24)21-15-6-11-26-19(15)27-14-4-5-16(17(12-14)25-3)23-9-7-22(2)8-10-23/h4-6,11-13H,7-10,20H2,1-3H3,(H,21,24). The number of hydrogen-bond acceptors (Lipinski definition) is 7. The Morgan fingerprint density at radius 1 is 1.30 bits per heavy atom. The van der Waals surface area contributed by atoms with E-state index in [0.717, 1.165) is 52.4 Å². The average molecular weight is 407 g/mol. The van der Waals surface area contributed by atoms with Crippen molar-refractivity contribution >= 4 is 40.4 Å². The third-order valence-electron chi connectivity index (χ3n) is 4.51. The van der Waals surface area contributed by atoms with E-state index in [2.05, 4.69) is 40.4 Å². The van der Waals surface area contributed by atoms with Gasteiger partial charge >= 0.3 is 0 Å². The van der Waals surface area contributed by atoms with E-state index in [9.17, 15) is 4.79 Å². The van der Waals surface area contributed by atoms with Gasteiger partial charge in [-0.3, -0.25) is 4.79 Å². The molecule has 146 valence electrons. The van der Waals surface area contributed by atoms with E-state index in [-0.39, 0.29) is 5.91 Å². The zero-order valence-electron chi connectivity index (χ0n) is 15.9. The first-order valence-electron chi connectivity index (χ1n) is 8.91. The van der Waals surface area contributed by atoms with Gasteiger partial charge in [0.05, 0.1) is 28.7 Å². The van der Waals surface area contributed by atoms with Crippen molar-refractivity contribution in [3.63, 3.8) is 0 Å². The number of carbonyl (C=O) groups is 1. The van der Waals surface area contributed by atoms with Crippen LogP contribution in [0.15, 0.2) is 38.8 Å². The lowest BCUT2D eigenvalue weighted by Gasteiger charge is -2.34. The summed E-state index contributed by atoms with van der Waals surface area (Å²) in [5.74, 6) is 0.695. The molecule has 1 fully saturated rings. The van der Waals surface area contributed by atoms with E-state index in [0.29, 0.717) is 0 Å². The third kappa shape index (κ3) is 4.95. The first kappa shape index (κ1) is 20.0. The fraction of sp³-hybridized carbons (Fsp3) is 0.421. The zero-order chi connectivity index (χ0) is 19.4. The number of nitrogens with zero attached hydrogens (tertiary/aromatic N) is 2. The number of rotatable bonds is 6. The number of amides is 1. The molecule has 2 aromatic rings. The van der Waals surface area contributed by atoms with Crippen LogP contribution in [-0.2, 0) is 4.79 Å². The quantitative estimate of drug-likeness (QED) is 0.769. The lowest BCUT2D eigenvalue weighted by Crippen LogP contribution is -2.44. The summed E-state index contributed by atoms with van der Waals surface area (Å²) >= 11 is 3.21. The topological polar surface area (TPSA) is 70.8 Å². The van der Waals surface area contributed by atoms with Crippen molar-refractivity contribution in [2.45, 2.75) is 22.1 Å². The van der Waals surface area contributed by atoms with Crippen LogP contribution in [0.2, 0.25) is 0 Å². The Hall–Kier alpha value is -1.74. The second-order valence-electron chi connectivity index (χ2n) is 6.63. The molecule has 2 heterocycles. The van der Waals surface area contributed by atoms with Crippen LogP contribution in [0, 0.1) is 0 Å². The van der Waals surface area contributed by atoms with Gasteiger partial charge in [0, 0.05) is 31.1 Å². The van der Waals surface area contributed by atoms with E-state index < -0.39 is 6.04 Å². The van der Waals surface area contributed by atoms with Gasteiger partial charge in [0.2, 0.25) is 5.91 Å². The molecule has 0 aliphatic carbocycles. The highest BCUT2D eigenvalue weighted by Gasteiger charge is 2.19. The number of hydrogen-bond donors (Lipinski definition) is 2. The molecule has 27 heavy (non-hydrogen) atoms. The van der Waals surface area contributed by atoms with Gasteiger partial charge in [-0.15, -0.1) is 11.3 Å². The lowest BCUT2D eigenvalue weighted by molar-refractivity contribution is -0.117. The number of ether oxygens (including phenoxy) is 1. The Bertz CT molecular complexity index is 786. The molecule has 0 radical (unpaired) electrons. The number of carbonyl (C=O) groups excluding carboxylic acids is 1. The number of nitrogens with two attached hydrogens (primary N) is 1. The number of thiophene rings is 1. The van der Waals surface area contributed by atoms with Gasteiger partial charge in [-0.1, -0.05) is 11.8 Å². The molecule has 3 N–H and O–H groups in total. The maximum Gasteiger partial charge on any atom is 0.241 e. The van der Waals surface area contributed by atoms with Crippen molar-refractivity contribution in [2.24, 2.45) is 5.73 Å². The van der Waals surface area contributed by atoms with E-state index in [1.165, 1.54) is 0 Å². The molecule has 0 bridgehead atoms. The summed E-state index contributed by atoms with van der Waals surface area (Å²) in [5, 5.41) is 4.85. The van der Waals surface area contributed by atoms with Gasteiger partial charge in [0.25, 0.3) is 0 Å². The normalized spacial score (nSPS) is 16.2. The predicted molar refractivity (Wildman–Crippen MR) is 113 cm³/mol. The second-order valence-corrected chi connectivity index (χ2v) is 8.88. The van der Waals surface area contributed by atoms with Gasteiger partial charge in [0.15, 0.2) is 0 Å². The summed E-state index contributed by atoms with van der Waals surface area (Å²) in [7, 11) is 3.86. The summed E-state index contributed by atoms with van der Waals surface area (Å²) < 4.78 is 6.69. The van der Waals surface area contributed by atoms with Crippen molar-refractivity contribution in [1.82, 2.24) is 4.90 Å². The molecule has 6 nitrogen and oxygen atoms in total. The first-order chi connectivity index (χ1) is 13.0. The van der Waals surface area contributed by atoms with E-state index in [4.69, 9.17) is 10.5 Å². The molecule has 1 aromatic heterocycles. The smallest absolute Gasteiger partial charge is 0.241 e. The summed E-state index contributed by atoms with van der Waals surface area (Å²) in [6.45, 7) is 5.78. The lowest BCUT2D eigenvalue weighted by atomic mass is 10.2. The minimum atomic E-state index is -0.536. The first-order valence-corrected chi connectivity index (χ1v) is 10.6. The third-order valence-corrected chi connectivity index (χ3v) is 6.65. The molecular weight excluding hydrogens is 380 g/mol. The Labute approximate surface area is 168 Å². The summed E-state index contributed by atoms with van der Waals surface area (Å²) in [4.78, 5) is 17.7. The van der Waals surface area contributed by atoms with Crippen LogP contribution in [0.4, 0.5) is 11.4 Å². The molecule has 1 saturated heterocycles. The highest BCUT2D eigenvalue weighted by Crippen LogP contribution is 2.41. The maximum absolute atomic E-state index is 11.9. The molecule has 0 spiro atoms. The zero-order valence-corrected chi connectivity index (χ0v) is 17.5. The molecule has 1 atom stereocenters. The number of likely N-dealkylation sites (N-methyl/N-ethyl adjacent to an activating group) is 1. The maximum atomic E-state index is 11.9. The van der Waals surface area contributed by atoms with Crippen LogP contribution in [0.5, 0.6) is 5.75 Å². The van der Waals surface area contributed by atoms with Crippen molar-refractivity contribution in [3.8, 4) is 5.75 Å². The van der Waals surface area contributed by atoms with Gasteiger partial charge in [-0.25, -0.2) is 0 Å². The van der Waals surface area contributed by atoms with Crippen molar-refractivity contribution < 1.29 is 9.53 Å². The minimum Gasteiger partial charge on any atom is -0.495 e. The van der Waals surface area contributed by atoms with Crippen molar-refractivity contribution in [1.29, 1.82) is 0 Å². The van der Waals surface area contributed by atoms with Crippen LogP contribution in [-0.4, -0.2) is 57.2 Å². The Morgan fingerprint density at radius 3 is 2.70 bits per heavy atom. The Morgan fingerprint density at radius 2 is 2.04 bits per heavy atom. The predicted octanol–water partition coefficient (Wildman–Crippen LogP) is 2.95. The van der Waals surface area contributed by atoms with E-state index in [1.807, 2.05) is 11.4 Å². The molecule has 1 amide bonds. The van der Waals surface area contributed by atoms with Gasteiger partial charge in [-0.2, -0.15) is 0 Å². The fourth-order valence-corrected chi connectivity index (χ4v) is 4.82. The number of nitrogens with one attached hydrogen (secondary N) is 1. The number of benzene rings is 1. The molecular formula is C19H26N4O2S2. The van der Waals surface area contributed by atoms with Crippen molar-refractivity contribution in [3.05, 3.63) is 29.6 Å². The van der Waals surface area contributed by atoms with Crippen molar-refractivity contribution in [2.75, 3.05) is 50.6 Å². The van der Waals surface area contributed by atoms with Crippen LogP contribution in [0.1, 0.15) is 6.92 Å². The molecule has 1 aliphatic rings. The average Bonchev–Trinajstić information content (AvgIpc) is 3.09. The van der Waals surface area contributed by atoms with Crippen LogP contribution < -0.4 is 20.7 Å². The molecule has 3 rings (SSSR count). The highest BCUT2D eigenvalue weighted by molar-refractivity contribution is 8.01. The van der Waals surface area contributed by atoms with E-state index in [1.54, 1.807) is 37.1 Å². The van der Waals surface area contributed by atoms with Crippen LogP contribution >= 0.6 is 23.1 Å². The number of anilines is 2. The molecule has 0 saturated carbocycles. The summed E-state index contributed by atoms with van der Waals surface area (Å²) in [6.07, 6.45) is 0. The van der Waals surface area contributed by atoms with Crippen LogP contribution in [0.3, 0.4) is 0 Å². The largest absolute Gasteiger partial charge is 0.495 e. The monoisotopic (exact) mass is 406 g/mol. The van der Waals surface area contributed by atoms with Gasteiger partial charge < -0.3 is 25.6 Å². The molecule has 1 aromatic carbocycles. The minimum absolute atomic E-state index is 0.182. The summed E-state index contributed by atoms with van der Waals surface area (Å²) in [6, 6.07) is 7.67. The van der Waals surface area contributed by atoms with Crippen LogP contribution in [0.25, 0.3) is 0 Å². The molecule has 8 heteroatoms. The van der Waals surface area contributed by atoms with E-state index >= 15 is 0 Å². The second kappa shape index (κ2) is 8.97. The number of methoxy groups -OCH3 is 1. The van der Waals surface area contributed by atoms with Gasteiger partial charge in [0.1, 0.15) is 5.75 Å². The molecule has 1 aliphatic heterocycles. The summed E-state index contributed by atoms with van der Waals surface area (Å²) in [5.41, 5.74) is 7.58. The fourth-order valence-electron chi connectivity index (χ4n) is 2.85. The SMILES string of the molecule is COc1cc(Sc2sccc2NC(=O)C(C)N)ccc1N1CCN(C)CC1. The Kier molecular flexibility index (Phi) is 6.64. The number of piperazine rings is 1. The Balaban J connectivity index is 1.75. The van der Waals surface area contributed by atoms with Gasteiger partial charge in [-0.05, 0) is 43.6 Å². The highest BCUT2D eigenvalue weighted by atomic mass is 32.2. The molecule has 1 unspecified atom stereocenters.